The fourth-order valence-corrected chi connectivity index (χ4v) is 2.09. The molecule has 0 aliphatic carbocycles. The van der Waals surface area contributed by atoms with Crippen LogP contribution in [0.2, 0.25) is 0 Å². The molecule has 132 valence electrons. The summed E-state index contributed by atoms with van der Waals surface area (Å²) in [6, 6.07) is 12.6. The number of nitrogens with one attached hydrogen (secondary N) is 1. The number of hydrogen-bond donors (Lipinski definition) is 1. The maximum absolute atomic E-state index is 12.4. The number of halogens is 3. The minimum absolute atomic E-state index is 0.142. The van der Waals surface area contributed by atoms with Gasteiger partial charge >= 0.3 is 6.36 Å². The Hall–Kier alpha value is -2.80. The second-order valence-electron chi connectivity index (χ2n) is 5.04. The van der Waals surface area contributed by atoms with Crippen LogP contribution in [0.25, 0.3) is 6.08 Å². The van der Waals surface area contributed by atoms with Crippen molar-refractivity contribution in [1.29, 1.82) is 0 Å². The maximum atomic E-state index is 12.4. The van der Waals surface area contributed by atoms with Gasteiger partial charge in [-0.2, -0.15) is 0 Å². The summed E-state index contributed by atoms with van der Waals surface area (Å²) in [5.41, 5.74) is 1.58. The lowest BCUT2D eigenvalue weighted by Gasteiger charge is -2.11. The molecule has 0 aromatic heterocycles. The van der Waals surface area contributed by atoms with Crippen LogP contribution in [0.3, 0.4) is 0 Å². The van der Waals surface area contributed by atoms with Crippen molar-refractivity contribution >= 4 is 17.7 Å². The van der Waals surface area contributed by atoms with Gasteiger partial charge in [-0.3, -0.25) is 4.79 Å². The van der Waals surface area contributed by atoms with Gasteiger partial charge in [0.25, 0.3) is 0 Å². The van der Waals surface area contributed by atoms with Gasteiger partial charge in [-0.25, -0.2) is 0 Å². The Kier molecular flexibility index (Phi) is 6.19. The zero-order chi connectivity index (χ0) is 18.3. The summed E-state index contributed by atoms with van der Waals surface area (Å²) >= 11 is 0. The summed E-state index contributed by atoms with van der Waals surface area (Å²) in [6.07, 6.45) is -2.40. The highest BCUT2D eigenvalue weighted by Gasteiger charge is 2.31. The molecule has 25 heavy (non-hydrogen) atoms. The van der Waals surface area contributed by atoms with Crippen molar-refractivity contribution in [1.82, 2.24) is 0 Å². The van der Waals surface area contributed by atoms with Gasteiger partial charge in [0.2, 0.25) is 5.91 Å². The monoisotopic (exact) mass is 351 g/mol. The maximum Gasteiger partial charge on any atom is 0.573 e. The van der Waals surface area contributed by atoms with Crippen molar-refractivity contribution in [3.63, 3.8) is 0 Å². The lowest BCUT2D eigenvalue weighted by molar-refractivity contribution is -0.274. The van der Waals surface area contributed by atoms with Crippen molar-refractivity contribution in [2.75, 3.05) is 12.4 Å². The van der Waals surface area contributed by atoms with Gasteiger partial charge in [-0.05, 0) is 29.8 Å². The van der Waals surface area contributed by atoms with Crippen LogP contribution in [-0.2, 0) is 16.1 Å². The summed E-state index contributed by atoms with van der Waals surface area (Å²) in [7, 11) is 1.56. The molecule has 0 unspecified atom stereocenters. The highest BCUT2D eigenvalue weighted by molar-refractivity contribution is 6.02. The van der Waals surface area contributed by atoms with Gasteiger partial charge in [-0.1, -0.05) is 30.3 Å². The van der Waals surface area contributed by atoms with E-state index in [1.165, 1.54) is 24.3 Å². The first-order valence-electron chi connectivity index (χ1n) is 7.29. The predicted octanol–water partition coefficient (Wildman–Crippen LogP) is 4.38. The summed E-state index contributed by atoms with van der Waals surface area (Å²) in [6.45, 7) is 0.404. The van der Waals surface area contributed by atoms with Crippen LogP contribution in [0.5, 0.6) is 5.75 Å². The van der Waals surface area contributed by atoms with Crippen LogP contribution in [0.15, 0.2) is 54.6 Å². The average molecular weight is 351 g/mol. The second kappa shape index (κ2) is 8.34. The number of ether oxygens (including phenoxy) is 2. The zero-order valence-corrected chi connectivity index (χ0v) is 13.3. The molecule has 2 aromatic carbocycles. The van der Waals surface area contributed by atoms with Crippen molar-refractivity contribution in [2.24, 2.45) is 0 Å². The smallest absolute Gasteiger partial charge is 0.405 e. The highest BCUT2D eigenvalue weighted by Crippen LogP contribution is 2.27. The number of benzene rings is 2. The first-order valence-corrected chi connectivity index (χ1v) is 7.29. The molecule has 0 bridgehead atoms. The van der Waals surface area contributed by atoms with Gasteiger partial charge in [0.1, 0.15) is 5.75 Å². The van der Waals surface area contributed by atoms with Crippen molar-refractivity contribution in [2.45, 2.75) is 13.0 Å². The molecule has 1 N–H and O–H groups in total. The number of alkyl halides is 3. The van der Waals surface area contributed by atoms with E-state index < -0.39 is 12.3 Å². The lowest BCUT2D eigenvalue weighted by atomic mass is 10.2. The Labute approximate surface area is 142 Å². The molecule has 0 heterocycles. The standard InChI is InChI=1S/C18H16F3NO3/c1-24-12-13-5-4-7-15(11-13)22-17(23)10-9-14-6-2-3-8-16(14)25-18(19,20)21/h2-11H,12H2,1H3,(H,22,23)/b10-9+. The first-order chi connectivity index (χ1) is 11.9. The van der Waals surface area contributed by atoms with Crippen molar-refractivity contribution in [3.8, 4) is 5.75 Å². The van der Waals surface area contributed by atoms with E-state index in [4.69, 9.17) is 4.74 Å². The molecule has 0 saturated heterocycles. The molecular formula is C18H16F3NO3. The van der Waals surface area contributed by atoms with Crippen molar-refractivity contribution < 1.29 is 27.4 Å². The van der Waals surface area contributed by atoms with E-state index in [-0.39, 0.29) is 11.3 Å². The van der Waals surface area contributed by atoms with E-state index in [1.807, 2.05) is 6.07 Å². The molecule has 1 amide bonds. The summed E-state index contributed by atoms with van der Waals surface area (Å²) in [5.74, 6) is -0.850. The van der Waals surface area contributed by atoms with Crippen molar-refractivity contribution in [3.05, 3.63) is 65.7 Å². The minimum Gasteiger partial charge on any atom is -0.405 e. The van der Waals surface area contributed by atoms with E-state index >= 15 is 0 Å². The molecular weight excluding hydrogens is 335 g/mol. The van der Waals surface area contributed by atoms with Gasteiger partial charge in [0, 0.05) is 24.4 Å². The van der Waals surface area contributed by atoms with Gasteiger partial charge in [0.05, 0.1) is 6.61 Å². The zero-order valence-electron chi connectivity index (χ0n) is 13.3. The Bertz CT molecular complexity index is 757. The highest BCUT2D eigenvalue weighted by atomic mass is 19.4. The van der Waals surface area contributed by atoms with Crippen LogP contribution in [0, 0.1) is 0 Å². The van der Waals surface area contributed by atoms with E-state index in [1.54, 1.807) is 31.4 Å². The fourth-order valence-electron chi connectivity index (χ4n) is 2.09. The number of para-hydroxylation sites is 1. The third-order valence-electron chi connectivity index (χ3n) is 3.06. The first kappa shape index (κ1) is 18.5. The normalized spacial score (nSPS) is 11.5. The van der Waals surface area contributed by atoms with E-state index in [0.717, 1.165) is 11.6 Å². The quantitative estimate of drug-likeness (QED) is 0.786. The van der Waals surface area contributed by atoms with E-state index in [0.29, 0.717) is 12.3 Å². The van der Waals surface area contributed by atoms with Crippen LogP contribution < -0.4 is 10.1 Å². The van der Waals surface area contributed by atoms with E-state index in [9.17, 15) is 18.0 Å². The fraction of sp³-hybridized carbons (Fsp3) is 0.167. The molecule has 4 nitrogen and oxygen atoms in total. The Morgan fingerprint density at radius 2 is 1.92 bits per heavy atom. The molecule has 2 rings (SSSR count). The molecule has 0 radical (unpaired) electrons. The molecule has 0 spiro atoms. The predicted molar refractivity (Wildman–Crippen MR) is 87.9 cm³/mol. The number of carbonyl (C=O) groups excluding carboxylic acids is 1. The molecule has 0 atom stereocenters. The average Bonchev–Trinajstić information content (AvgIpc) is 2.53. The third kappa shape index (κ3) is 6.31. The molecule has 0 aliphatic rings. The van der Waals surface area contributed by atoms with Crippen LogP contribution in [0.1, 0.15) is 11.1 Å². The number of rotatable bonds is 6. The van der Waals surface area contributed by atoms with Gasteiger partial charge in [-0.15, -0.1) is 13.2 Å². The van der Waals surface area contributed by atoms with Gasteiger partial charge < -0.3 is 14.8 Å². The Morgan fingerprint density at radius 1 is 1.16 bits per heavy atom. The lowest BCUT2D eigenvalue weighted by Crippen LogP contribution is -2.17. The number of hydrogen-bond acceptors (Lipinski definition) is 3. The van der Waals surface area contributed by atoms with Crippen LogP contribution in [0.4, 0.5) is 18.9 Å². The number of amides is 1. The topological polar surface area (TPSA) is 47.6 Å². The number of anilines is 1. The number of carbonyl (C=O) groups is 1. The third-order valence-corrected chi connectivity index (χ3v) is 3.06. The summed E-state index contributed by atoms with van der Waals surface area (Å²) < 4.78 is 46.1. The largest absolute Gasteiger partial charge is 0.573 e. The molecule has 0 fully saturated rings. The Balaban J connectivity index is 2.07. The summed E-state index contributed by atoms with van der Waals surface area (Å²) in [5, 5.41) is 2.63. The Morgan fingerprint density at radius 3 is 2.64 bits per heavy atom. The van der Waals surface area contributed by atoms with E-state index in [2.05, 4.69) is 10.1 Å². The minimum atomic E-state index is -4.80. The molecule has 0 saturated carbocycles. The van der Waals surface area contributed by atoms with Crippen LogP contribution in [-0.4, -0.2) is 19.4 Å². The van der Waals surface area contributed by atoms with Crippen LogP contribution >= 0.6 is 0 Å². The summed E-state index contributed by atoms with van der Waals surface area (Å²) in [4.78, 5) is 12.0. The molecule has 0 aliphatic heterocycles. The second-order valence-corrected chi connectivity index (χ2v) is 5.04. The SMILES string of the molecule is COCc1cccc(NC(=O)/C=C/c2ccccc2OC(F)(F)F)c1. The molecule has 2 aromatic rings. The van der Waals surface area contributed by atoms with Gasteiger partial charge in [0.15, 0.2) is 0 Å². The molecule has 7 heteroatoms. The number of methoxy groups -OCH3 is 1.